The van der Waals surface area contributed by atoms with E-state index in [9.17, 15) is 20.0 Å². The fourth-order valence-corrected chi connectivity index (χ4v) is 2.44. The minimum Gasteiger partial charge on any atom is -0.486 e. The fourth-order valence-electron chi connectivity index (χ4n) is 2.27. The lowest BCUT2D eigenvalue weighted by atomic mass is 10.1. The molecule has 8 nitrogen and oxygen atoms in total. The highest BCUT2D eigenvalue weighted by molar-refractivity contribution is 6.30. The highest BCUT2D eigenvalue weighted by Gasteiger charge is 2.25. The number of nitrogens with zero attached hydrogens (tertiary/aromatic N) is 1. The van der Waals surface area contributed by atoms with Gasteiger partial charge in [-0.1, -0.05) is 11.6 Å². The Labute approximate surface area is 150 Å². The molecule has 0 aromatic heterocycles. The highest BCUT2D eigenvalue weighted by atomic mass is 35.5. The van der Waals surface area contributed by atoms with Gasteiger partial charge in [0.05, 0.1) is 24.1 Å². The van der Waals surface area contributed by atoms with E-state index in [2.05, 4.69) is 10.6 Å². The van der Waals surface area contributed by atoms with Crippen LogP contribution >= 0.6 is 24.0 Å². The van der Waals surface area contributed by atoms with Crippen LogP contribution in [0, 0.1) is 16.0 Å². The summed E-state index contributed by atoms with van der Waals surface area (Å²) in [6.45, 7) is 1.59. The Bertz CT molecular complexity index is 588. The van der Waals surface area contributed by atoms with Gasteiger partial charge >= 0.3 is 5.69 Å². The van der Waals surface area contributed by atoms with Gasteiger partial charge in [0.2, 0.25) is 5.91 Å². The maximum absolute atomic E-state index is 11.7. The fraction of sp³-hybridized carbons (Fsp3) is 0.500. The number of ether oxygens (including phenoxy) is 1. The van der Waals surface area contributed by atoms with Crippen molar-refractivity contribution in [1.29, 1.82) is 0 Å². The van der Waals surface area contributed by atoms with Gasteiger partial charge < -0.3 is 20.5 Å². The maximum atomic E-state index is 11.7. The smallest absolute Gasteiger partial charge is 0.312 e. The van der Waals surface area contributed by atoms with Crippen LogP contribution < -0.4 is 15.4 Å². The molecule has 3 N–H and O–H groups in total. The minimum atomic E-state index is -0.588. The van der Waals surface area contributed by atoms with Gasteiger partial charge in [-0.15, -0.1) is 12.4 Å². The maximum Gasteiger partial charge on any atom is 0.312 e. The molecule has 0 spiro atoms. The number of nitrogens with one attached hydrogen (secondary N) is 2. The van der Waals surface area contributed by atoms with Crippen LogP contribution in [0.25, 0.3) is 0 Å². The van der Waals surface area contributed by atoms with Gasteiger partial charge in [0.25, 0.3) is 0 Å². The first-order valence-corrected chi connectivity index (χ1v) is 7.57. The standard InChI is InChI=1S/C14H18ClN3O5.ClH/c15-10-1-2-13(11(5-10)18(21)22)23-4-3-14(20)17-7-9-6-16-8-12(9)19;/h1-2,5,9,12,16,19H,3-4,6-8H2,(H,17,20);1H. The molecule has 0 aliphatic carbocycles. The molecule has 1 heterocycles. The molecule has 1 fully saturated rings. The van der Waals surface area contributed by atoms with E-state index < -0.39 is 11.0 Å². The zero-order valence-corrected chi connectivity index (χ0v) is 14.3. The van der Waals surface area contributed by atoms with E-state index in [1.165, 1.54) is 18.2 Å². The van der Waals surface area contributed by atoms with Gasteiger partial charge in [-0.05, 0) is 12.1 Å². The van der Waals surface area contributed by atoms with Crippen molar-refractivity contribution in [2.45, 2.75) is 12.5 Å². The van der Waals surface area contributed by atoms with Crippen LogP contribution in [0.5, 0.6) is 5.75 Å². The first-order valence-electron chi connectivity index (χ1n) is 7.19. The molecule has 2 atom stereocenters. The predicted molar refractivity (Wildman–Crippen MR) is 90.8 cm³/mol. The molecule has 1 aliphatic heterocycles. The van der Waals surface area contributed by atoms with E-state index in [0.29, 0.717) is 19.6 Å². The number of carbonyl (C=O) groups is 1. The van der Waals surface area contributed by atoms with Crippen molar-refractivity contribution in [3.05, 3.63) is 33.3 Å². The van der Waals surface area contributed by atoms with Crippen LogP contribution in [0.1, 0.15) is 6.42 Å². The second-order valence-corrected chi connectivity index (χ2v) is 5.69. The molecule has 1 aliphatic rings. The molecule has 10 heteroatoms. The van der Waals surface area contributed by atoms with Crippen LogP contribution in [0.2, 0.25) is 5.02 Å². The summed E-state index contributed by atoms with van der Waals surface area (Å²) in [4.78, 5) is 22.0. The average molecular weight is 380 g/mol. The molecular weight excluding hydrogens is 361 g/mol. The second kappa shape index (κ2) is 9.63. The summed E-state index contributed by atoms with van der Waals surface area (Å²) in [5.41, 5.74) is -0.238. The minimum absolute atomic E-state index is 0. The van der Waals surface area contributed by atoms with Crippen molar-refractivity contribution in [1.82, 2.24) is 10.6 Å². The van der Waals surface area contributed by atoms with E-state index in [1.807, 2.05) is 0 Å². The Morgan fingerprint density at radius 2 is 2.25 bits per heavy atom. The van der Waals surface area contributed by atoms with E-state index >= 15 is 0 Å². The number of carbonyl (C=O) groups excluding carboxylic acids is 1. The number of benzene rings is 1. The molecule has 0 bridgehead atoms. The van der Waals surface area contributed by atoms with Crippen molar-refractivity contribution >= 4 is 35.6 Å². The van der Waals surface area contributed by atoms with E-state index in [1.54, 1.807) is 0 Å². The number of aliphatic hydroxyl groups excluding tert-OH is 1. The van der Waals surface area contributed by atoms with Crippen molar-refractivity contribution in [3.63, 3.8) is 0 Å². The summed E-state index contributed by atoms with van der Waals surface area (Å²) in [5, 5.41) is 26.5. The van der Waals surface area contributed by atoms with Crippen LogP contribution in [-0.2, 0) is 4.79 Å². The molecule has 1 aromatic rings. The quantitative estimate of drug-likeness (QED) is 0.483. The van der Waals surface area contributed by atoms with Gasteiger partial charge in [0.15, 0.2) is 5.75 Å². The molecule has 24 heavy (non-hydrogen) atoms. The van der Waals surface area contributed by atoms with Gasteiger partial charge in [-0.2, -0.15) is 0 Å². The Hall–Kier alpha value is -1.61. The lowest BCUT2D eigenvalue weighted by molar-refractivity contribution is -0.385. The molecule has 2 unspecified atom stereocenters. The SMILES string of the molecule is Cl.O=C(CCOc1ccc(Cl)cc1[N+](=O)[O-])NCC1CNCC1O. The molecular formula is C14H19Cl2N3O5. The molecule has 0 saturated carbocycles. The van der Waals surface area contributed by atoms with E-state index in [4.69, 9.17) is 16.3 Å². The average Bonchev–Trinajstić information content (AvgIpc) is 2.91. The first-order chi connectivity index (χ1) is 11.0. The summed E-state index contributed by atoms with van der Waals surface area (Å²) in [7, 11) is 0. The zero-order chi connectivity index (χ0) is 16.8. The number of β-amino-alcohol motifs (C(OH)–C–C–N with tert-alkyl or cyclic N) is 1. The highest BCUT2D eigenvalue weighted by Crippen LogP contribution is 2.29. The third-order valence-corrected chi connectivity index (χ3v) is 3.81. The van der Waals surface area contributed by atoms with Crippen LogP contribution in [0.15, 0.2) is 18.2 Å². The molecule has 0 radical (unpaired) electrons. The number of halogens is 2. The molecule has 1 saturated heterocycles. The van der Waals surface area contributed by atoms with Gasteiger partial charge in [-0.25, -0.2) is 0 Å². The Kier molecular flexibility index (Phi) is 8.20. The predicted octanol–water partition coefficient (Wildman–Crippen LogP) is 1.14. The van der Waals surface area contributed by atoms with E-state index in [-0.39, 0.29) is 53.7 Å². The molecule has 1 aromatic carbocycles. The third-order valence-electron chi connectivity index (χ3n) is 3.57. The Balaban J connectivity index is 0.00000288. The first kappa shape index (κ1) is 20.4. The number of aliphatic hydroxyl groups is 1. The normalized spacial score (nSPS) is 19.4. The van der Waals surface area contributed by atoms with Crippen molar-refractivity contribution in [2.24, 2.45) is 5.92 Å². The van der Waals surface area contributed by atoms with Crippen molar-refractivity contribution in [2.75, 3.05) is 26.2 Å². The van der Waals surface area contributed by atoms with Gasteiger partial charge in [-0.3, -0.25) is 14.9 Å². The zero-order valence-electron chi connectivity index (χ0n) is 12.7. The number of amides is 1. The summed E-state index contributed by atoms with van der Waals surface area (Å²) >= 11 is 5.71. The largest absolute Gasteiger partial charge is 0.486 e. The lowest BCUT2D eigenvalue weighted by Gasteiger charge is -2.14. The van der Waals surface area contributed by atoms with Crippen LogP contribution in [0.3, 0.4) is 0 Å². The summed E-state index contributed by atoms with van der Waals surface area (Å²) in [6.07, 6.45) is -0.390. The number of rotatable bonds is 7. The third kappa shape index (κ3) is 5.79. The summed E-state index contributed by atoms with van der Waals surface area (Å²) < 4.78 is 5.29. The second-order valence-electron chi connectivity index (χ2n) is 5.26. The van der Waals surface area contributed by atoms with Crippen molar-refractivity contribution < 1.29 is 19.6 Å². The lowest BCUT2D eigenvalue weighted by Crippen LogP contribution is -2.34. The number of hydrogen-bond donors (Lipinski definition) is 3. The number of nitro groups is 1. The van der Waals surface area contributed by atoms with Gasteiger partial charge in [0.1, 0.15) is 0 Å². The van der Waals surface area contributed by atoms with Crippen molar-refractivity contribution in [3.8, 4) is 5.75 Å². The number of nitro benzene ring substituents is 1. The monoisotopic (exact) mass is 379 g/mol. The Morgan fingerprint density at radius 3 is 2.88 bits per heavy atom. The summed E-state index contributed by atoms with van der Waals surface area (Å²) in [5.74, 6) is -0.166. The van der Waals surface area contributed by atoms with Gasteiger partial charge in [0, 0.05) is 36.6 Å². The number of hydrogen-bond acceptors (Lipinski definition) is 6. The topological polar surface area (TPSA) is 114 Å². The summed E-state index contributed by atoms with van der Waals surface area (Å²) in [6, 6.07) is 4.09. The molecule has 2 rings (SSSR count). The molecule has 134 valence electrons. The van der Waals surface area contributed by atoms with E-state index in [0.717, 1.165) is 0 Å². The van der Waals surface area contributed by atoms with Crippen LogP contribution in [-0.4, -0.2) is 48.3 Å². The van der Waals surface area contributed by atoms with Crippen LogP contribution in [0.4, 0.5) is 5.69 Å². The Morgan fingerprint density at radius 1 is 1.50 bits per heavy atom. The molecule has 1 amide bonds.